The quantitative estimate of drug-likeness (QED) is 0.655. The third-order valence-electron chi connectivity index (χ3n) is 3.45. The van der Waals surface area contributed by atoms with Crippen molar-refractivity contribution in [1.29, 1.82) is 0 Å². The molecule has 0 spiro atoms. The van der Waals surface area contributed by atoms with Gasteiger partial charge in [-0.2, -0.15) is 0 Å². The lowest BCUT2D eigenvalue weighted by Gasteiger charge is -2.27. The van der Waals surface area contributed by atoms with E-state index in [4.69, 9.17) is 20.6 Å². The van der Waals surface area contributed by atoms with Crippen LogP contribution in [0.15, 0.2) is 18.2 Å². The first kappa shape index (κ1) is 23.3. The molecular weight excluding hydrogens is 364 g/mol. The normalized spacial score (nSPS) is 11.9. The molecule has 0 heterocycles. The van der Waals surface area contributed by atoms with E-state index in [-0.39, 0.29) is 25.4 Å². The minimum Gasteiger partial charge on any atom is -0.495 e. The predicted octanol–water partition coefficient (Wildman–Crippen LogP) is 1.81. The van der Waals surface area contributed by atoms with Gasteiger partial charge in [-0.1, -0.05) is 5.92 Å². The van der Waals surface area contributed by atoms with E-state index in [0.717, 1.165) is 0 Å². The van der Waals surface area contributed by atoms with Crippen molar-refractivity contribution in [2.45, 2.75) is 32.5 Å². The summed E-state index contributed by atoms with van der Waals surface area (Å²) in [6, 6.07) is 4.58. The van der Waals surface area contributed by atoms with Gasteiger partial charge in [0, 0.05) is 19.2 Å². The van der Waals surface area contributed by atoms with Crippen LogP contribution in [0, 0.1) is 12.3 Å². The van der Waals surface area contributed by atoms with Gasteiger partial charge in [0.2, 0.25) is 0 Å². The molecule has 2 N–H and O–H groups in total. The summed E-state index contributed by atoms with van der Waals surface area (Å²) in [7, 11) is 2.88. The summed E-state index contributed by atoms with van der Waals surface area (Å²) in [5, 5.41) is 12.2. The SMILES string of the molecule is C#CCN(C(=O)OC(C)(C)C)c1ccc(C(=O)NCC(O)COC)cc1OC. The Hall–Kier alpha value is -2.76. The summed E-state index contributed by atoms with van der Waals surface area (Å²) in [6.45, 7) is 5.38. The highest BCUT2D eigenvalue weighted by Crippen LogP contribution is 2.30. The Kier molecular flexibility index (Phi) is 8.76. The molecule has 8 heteroatoms. The molecule has 154 valence electrons. The molecule has 1 aromatic carbocycles. The molecule has 0 saturated heterocycles. The first-order valence-electron chi connectivity index (χ1n) is 8.70. The van der Waals surface area contributed by atoms with Gasteiger partial charge in [0.1, 0.15) is 11.4 Å². The topological polar surface area (TPSA) is 97.3 Å². The molecule has 0 aliphatic heterocycles. The molecule has 28 heavy (non-hydrogen) atoms. The number of nitrogens with one attached hydrogen (secondary N) is 1. The van der Waals surface area contributed by atoms with Crippen LogP contribution in [0.25, 0.3) is 0 Å². The van der Waals surface area contributed by atoms with Crippen LogP contribution in [0.3, 0.4) is 0 Å². The van der Waals surface area contributed by atoms with E-state index < -0.39 is 23.7 Å². The second-order valence-corrected chi connectivity index (χ2v) is 6.98. The fourth-order valence-corrected chi connectivity index (χ4v) is 2.26. The molecule has 0 saturated carbocycles. The highest BCUT2D eigenvalue weighted by Gasteiger charge is 2.25. The summed E-state index contributed by atoms with van der Waals surface area (Å²) in [6.07, 6.45) is 3.96. The number of rotatable bonds is 8. The Balaban J connectivity index is 3.05. The molecule has 0 radical (unpaired) electrons. The smallest absolute Gasteiger partial charge is 0.415 e. The van der Waals surface area contributed by atoms with Crippen LogP contribution in [0.5, 0.6) is 5.75 Å². The number of carbonyl (C=O) groups excluding carboxylic acids is 2. The highest BCUT2D eigenvalue weighted by atomic mass is 16.6. The van der Waals surface area contributed by atoms with Gasteiger partial charge >= 0.3 is 6.09 Å². The van der Waals surface area contributed by atoms with Gasteiger partial charge in [0.05, 0.1) is 32.1 Å². The van der Waals surface area contributed by atoms with E-state index in [1.807, 2.05) is 0 Å². The summed E-state index contributed by atoms with van der Waals surface area (Å²) in [5.41, 5.74) is -0.0132. The summed E-state index contributed by atoms with van der Waals surface area (Å²) in [4.78, 5) is 26.1. The zero-order valence-electron chi connectivity index (χ0n) is 16.9. The largest absolute Gasteiger partial charge is 0.495 e. The lowest BCUT2D eigenvalue weighted by molar-refractivity contribution is 0.0584. The van der Waals surface area contributed by atoms with Gasteiger partial charge in [-0.15, -0.1) is 6.42 Å². The Morgan fingerprint density at radius 1 is 1.32 bits per heavy atom. The van der Waals surface area contributed by atoms with Crippen molar-refractivity contribution in [3.8, 4) is 18.1 Å². The number of carbonyl (C=O) groups is 2. The number of nitrogens with zero attached hydrogens (tertiary/aromatic N) is 1. The number of aliphatic hydroxyl groups excluding tert-OH is 1. The molecule has 0 fully saturated rings. The first-order chi connectivity index (χ1) is 13.1. The maximum atomic E-state index is 12.5. The van der Waals surface area contributed by atoms with Gasteiger partial charge in [-0.05, 0) is 39.0 Å². The fourth-order valence-electron chi connectivity index (χ4n) is 2.26. The zero-order chi connectivity index (χ0) is 21.3. The summed E-state index contributed by atoms with van der Waals surface area (Å²) < 4.78 is 15.5. The van der Waals surface area contributed by atoms with Crippen LogP contribution in [0.1, 0.15) is 31.1 Å². The number of anilines is 1. The third kappa shape index (κ3) is 7.10. The predicted molar refractivity (Wildman–Crippen MR) is 106 cm³/mol. The van der Waals surface area contributed by atoms with Gasteiger partial charge < -0.3 is 24.6 Å². The van der Waals surface area contributed by atoms with Crippen molar-refractivity contribution >= 4 is 17.7 Å². The molecule has 1 atom stereocenters. The Bertz CT molecular complexity index is 720. The lowest BCUT2D eigenvalue weighted by atomic mass is 10.1. The van der Waals surface area contributed by atoms with Crippen LogP contribution in [-0.2, 0) is 9.47 Å². The average molecular weight is 392 g/mol. The second kappa shape index (κ2) is 10.5. The van der Waals surface area contributed by atoms with E-state index in [9.17, 15) is 14.7 Å². The maximum Gasteiger partial charge on any atom is 0.415 e. The average Bonchev–Trinajstić information content (AvgIpc) is 2.62. The Labute approximate surface area is 165 Å². The van der Waals surface area contributed by atoms with E-state index >= 15 is 0 Å². The van der Waals surface area contributed by atoms with Crippen LogP contribution in [0.2, 0.25) is 0 Å². The maximum absolute atomic E-state index is 12.5. The Morgan fingerprint density at radius 2 is 2.00 bits per heavy atom. The molecular formula is C20H28N2O6. The molecule has 0 aliphatic carbocycles. The number of benzene rings is 1. The van der Waals surface area contributed by atoms with Crippen LogP contribution in [0.4, 0.5) is 10.5 Å². The zero-order valence-corrected chi connectivity index (χ0v) is 16.9. The number of methoxy groups -OCH3 is 2. The van der Waals surface area contributed by atoms with Crippen molar-refractivity contribution in [3.05, 3.63) is 23.8 Å². The van der Waals surface area contributed by atoms with E-state index in [1.54, 1.807) is 26.8 Å². The third-order valence-corrected chi connectivity index (χ3v) is 3.45. The molecule has 8 nitrogen and oxygen atoms in total. The van der Waals surface area contributed by atoms with Gasteiger partial charge in [-0.25, -0.2) is 4.79 Å². The molecule has 1 aromatic rings. The number of aliphatic hydroxyl groups is 1. The Morgan fingerprint density at radius 3 is 2.54 bits per heavy atom. The molecule has 2 amide bonds. The number of terminal acetylenes is 1. The number of amides is 2. The minimum atomic E-state index is -0.812. The van der Waals surface area contributed by atoms with Crippen molar-refractivity contribution in [2.75, 3.05) is 38.8 Å². The van der Waals surface area contributed by atoms with E-state index in [0.29, 0.717) is 11.3 Å². The van der Waals surface area contributed by atoms with Crippen molar-refractivity contribution in [2.24, 2.45) is 0 Å². The van der Waals surface area contributed by atoms with Crippen molar-refractivity contribution in [3.63, 3.8) is 0 Å². The second-order valence-electron chi connectivity index (χ2n) is 6.98. The first-order valence-corrected chi connectivity index (χ1v) is 8.70. The molecule has 1 unspecified atom stereocenters. The van der Waals surface area contributed by atoms with E-state index in [2.05, 4.69) is 11.2 Å². The number of ether oxygens (including phenoxy) is 3. The van der Waals surface area contributed by atoms with Crippen molar-refractivity contribution in [1.82, 2.24) is 5.32 Å². The van der Waals surface area contributed by atoms with Crippen LogP contribution < -0.4 is 15.0 Å². The lowest BCUT2D eigenvalue weighted by Crippen LogP contribution is -2.37. The van der Waals surface area contributed by atoms with Gasteiger partial charge in [-0.3, -0.25) is 9.69 Å². The van der Waals surface area contributed by atoms with Crippen LogP contribution in [-0.4, -0.2) is 62.7 Å². The summed E-state index contributed by atoms with van der Waals surface area (Å²) >= 11 is 0. The molecule has 1 rings (SSSR count). The van der Waals surface area contributed by atoms with Gasteiger partial charge in [0.25, 0.3) is 5.91 Å². The number of hydrogen-bond acceptors (Lipinski definition) is 6. The molecule has 0 aliphatic rings. The van der Waals surface area contributed by atoms with E-state index in [1.165, 1.54) is 31.3 Å². The monoisotopic (exact) mass is 392 g/mol. The summed E-state index contributed by atoms with van der Waals surface area (Å²) in [5.74, 6) is 2.30. The van der Waals surface area contributed by atoms with Crippen LogP contribution >= 0.6 is 0 Å². The minimum absolute atomic E-state index is 0.0278. The number of hydrogen-bond donors (Lipinski definition) is 2. The molecule has 0 bridgehead atoms. The van der Waals surface area contributed by atoms with Crippen molar-refractivity contribution < 1.29 is 28.9 Å². The fraction of sp³-hybridized carbons (Fsp3) is 0.500. The highest BCUT2D eigenvalue weighted by molar-refractivity contribution is 5.97. The molecule has 0 aromatic heterocycles. The van der Waals surface area contributed by atoms with Gasteiger partial charge in [0.15, 0.2) is 0 Å². The standard InChI is InChI=1S/C20H28N2O6/c1-7-10-22(19(25)28-20(2,3)4)16-9-8-14(11-17(16)27-6)18(24)21-12-15(23)13-26-5/h1,8-9,11,15,23H,10,12-13H2,2-6H3,(H,21,24).